The molecule has 1 aromatic rings. The maximum absolute atomic E-state index is 12.1. The number of hydrogen-bond acceptors (Lipinski definition) is 4. The number of amides is 1. The predicted octanol–water partition coefficient (Wildman–Crippen LogP) is 0.494. The Kier molecular flexibility index (Phi) is 3.91. The third-order valence-electron chi connectivity index (χ3n) is 3.41. The zero-order valence-corrected chi connectivity index (χ0v) is 11.7. The largest absolute Gasteiger partial charge is 0.375 e. The summed E-state index contributed by atoms with van der Waals surface area (Å²) in [4.78, 5) is 12.1. The molecular formula is C13H22N4O2. The molecule has 1 amide bonds. The fourth-order valence-electron chi connectivity index (χ4n) is 2.40. The van der Waals surface area contributed by atoms with Crippen molar-refractivity contribution in [2.45, 2.75) is 44.4 Å². The average molecular weight is 266 g/mol. The molecule has 1 saturated heterocycles. The summed E-state index contributed by atoms with van der Waals surface area (Å²) >= 11 is 0. The van der Waals surface area contributed by atoms with Crippen LogP contribution in [-0.2, 0) is 16.6 Å². The Hall–Kier alpha value is -1.40. The number of carbonyl (C=O) groups is 1. The monoisotopic (exact) mass is 266 g/mol. The summed E-state index contributed by atoms with van der Waals surface area (Å²) in [5, 5.41) is 7.03. The van der Waals surface area contributed by atoms with Crippen LogP contribution in [0.5, 0.6) is 0 Å². The van der Waals surface area contributed by atoms with Crippen molar-refractivity contribution in [1.82, 2.24) is 15.1 Å². The lowest BCUT2D eigenvalue weighted by Gasteiger charge is -2.36. The minimum Gasteiger partial charge on any atom is -0.375 e. The Morgan fingerprint density at radius 3 is 3.00 bits per heavy atom. The van der Waals surface area contributed by atoms with E-state index in [1.807, 2.05) is 13.8 Å². The van der Waals surface area contributed by atoms with Crippen molar-refractivity contribution >= 4 is 5.91 Å². The Morgan fingerprint density at radius 1 is 1.68 bits per heavy atom. The molecule has 0 radical (unpaired) electrons. The molecule has 0 aromatic carbocycles. The Morgan fingerprint density at radius 2 is 2.42 bits per heavy atom. The van der Waals surface area contributed by atoms with Gasteiger partial charge in [-0.1, -0.05) is 0 Å². The van der Waals surface area contributed by atoms with Crippen LogP contribution < -0.4 is 11.1 Å². The minimum absolute atomic E-state index is 0.124. The van der Waals surface area contributed by atoms with Crippen LogP contribution in [0.1, 0.15) is 38.3 Å². The standard InChI is InChI=1S/C13H22N4O2/c1-13(2)6-10(4-5-19-13)16-12(18)11(14)9-7-15-17(3)8-9/h7-8,10-11H,4-6,14H2,1-3H3,(H,16,18). The van der Waals surface area contributed by atoms with E-state index in [2.05, 4.69) is 10.4 Å². The van der Waals surface area contributed by atoms with Crippen molar-refractivity contribution in [2.75, 3.05) is 6.61 Å². The topological polar surface area (TPSA) is 82.2 Å². The molecule has 0 bridgehead atoms. The van der Waals surface area contributed by atoms with Crippen LogP contribution in [0.3, 0.4) is 0 Å². The third-order valence-corrected chi connectivity index (χ3v) is 3.41. The zero-order chi connectivity index (χ0) is 14.0. The molecule has 19 heavy (non-hydrogen) atoms. The van der Waals surface area contributed by atoms with Gasteiger partial charge in [0.25, 0.3) is 0 Å². The number of nitrogens with one attached hydrogen (secondary N) is 1. The number of hydrogen-bond donors (Lipinski definition) is 2. The first-order valence-corrected chi connectivity index (χ1v) is 6.56. The molecule has 1 aromatic heterocycles. The van der Waals surface area contributed by atoms with E-state index >= 15 is 0 Å². The molecule has 2 rings (SSSR count). The van der Waals surface area contributed by atoms with Crippen molar-refractivity contribution < 1.29 is 9.53 Å². The van der Waals surface area contributed by atoms with E-state index < -0.39 is 6.04 Å². The number of aromatic nitrogens is 2. The molecule has 1 aliphatic heterocycles. The van der Waals surface area contributed by atoms with Gasteiger partial charge in [0, 0.05) is 31.5 Å². The number of ether oxygens (including phenoxy) is 1. The number of rotatable bonds is 3. The molecule has 0 aliphatic carbocycles. The van der Waals surface area contributed by atoms with E-state index in [-0.39, 0.29) is 17.6 Å². The van der Waals surface area contributed by atoms with Crippen LogP contribution in [0.2, 0.25) is 0 Å². The second-order valence-corrected chi connectivity index (χ2v) is 5.73. The first-order valence-electron chi connectivity index (χ1n) is 6.56. The van der Waals surface area contributed by atoms with Gasteiger partial charge in [0.05, 0.1) is 11.8 Å². The molecule has 0 saturated carbocycles. The van der Waals surface area contributed by atoms with Gasteiger partial charge in [0.15, 0.2) is 0 Å². The second-order valence-electron chi connectivity index (χ2n) is 5.73. The van der Waals surface area contributed by atoms with Gasteiger partial charge in [0.2, 0.25) is 5.91 Å². The smallest absolute Gasteiger partial charge is 0.241 e. The number of nitrogens with two attached hydrogens (primary N) is 1. The van der Waals surface area contributed by atoms with Crippen molar-refractivity contribution in [3.05, 3.63) is 18.0 Å². The molecule has 0 spiro atoms. The molecule has 2 atom stereocenters. The fourth-order valence-corrected chi connectivity index (χ4v) is 2.40. The van der Waals surface area contributed by atoms with Gasteiger partial charge in [-0.25, -0.2) is 0 Å². The maximum atomic E-state index is 12.1. The Bertz CT molecular complexity index is 455. The second kappa shape index (κ2) is 5.30. The van der Waals surface area contributed by atoms with Crippen LogP contribution in [0.4, 0.5) is 0 Å². The molecule has 1 fully saturated rings. The third kappa shape index (κ3) is 3.54. The van der Waals surface area contributed by atoms with Crippen LogP contribution in [-0.4, -0.2) is 33.9 Å². The minimum atomic E-state index is -0.667. The van der Waals surface area contributed by atoms with Gasteiger partial charge in [-0.15, -0.1) is 0 Å². The number of aryl methyl sites for hydroxylation is 1. The molecule has 106 valence electrons. The van der Waals surface area contributed by atoms with Gasteiger partial charge in [0.1, 0.15) is 6.04 Å². The summed E-state index contributed by atoms with van der Waals surface area (Å²) in [5.41, 5.74) is 6.48. The van der Waals surface area contributed by atoms with E-state index in [1.165, 1.54) is 0 Å². The van der Waals surface area contributed by atoms with Gasteiger partial charge in [-0.3, -0.25) is 9.48 Å². The highest BCUT2D eigenvalue weighted by Crippen LogP contribution is 2.24. The summed E-state index contributed by atoms with van der Waals surface area (Å²) in [5.74, 6) is -0.157. The average Bonchev–Trinajstić information content (AvgIpc) is 2.73. The lowest BCUT2D eigenvalue weighted by molar-refractivity contribution is -0.125. The molecule has 2 heterocycles. The van der Waals surface area contributed by atoms with E-state index in [0.29, 0.717) is 6.61 Å². The highest BCUT2D eigenvalue weighted by molar-refractivity contribution is 5.83. The molecule has 3 N–H and O–H groups in total. The van der Waals surface area contributed by atoms with Crippen molar-refractivity contribution in [1.29, 1.82) is 0 Å². The predicted molar refractivity (Wildman–Crippen MR) is 71.3 cm³/mol. The zero-order valence-electron chi connectivity index (χ0n) is 11.7. The van der Waals surface area contributed by atoms with Crippen molar-refractivity contribution in [2.24, 2.45) is 12.8 Å². The summed E-state index contributed by atoms with van der Waals surface area (Å²) in [6.07, 6.45) is 5.02. The number of nitrogens with zero attached hydrogens (tertiary/aromatic N) is 2. The maximum Gasteiger partial charge on any atom is 0.241 e. The molecular weight excluding hydrogens is 244 g/mol. The van der Waals surface area contributed by atoms with E-state index in [9.17, 15) is 4.79 Å². The van der Waals surface area contributed by atoms with Gasteiger partial charge >= 0.3 is 0 Å². The van der Waals surface area contributed by atoms with Crippen molar-refractivity contribution in [3.63, 3.8) is 0 Å². The summed E-state index contributed by atoms with van der Waals surface area (Å²) < 4.78 is 7.27. The first-order chi connectivity index (χ1) is 8.87. The lowest BCUT2D eigenvalue weighted by Crippen LogP contribution is -2.48. The highest BCUT2D eigenvalue weighted by atomic mass is 16.5. The molecule has 1 aliphatic rings. The first kappa shape index (κ1) is 14.0. The summed E-state index contributed by atoms with van der Waals surface area (Å²) in [6.45, 7) is 4.73. The van der Waals surface area contributed by atoms with Gasteiger partial charge in [-0.05, 0) is 26.7 Å². The summed E-state index contributed by atoms with van der Waals surface area (Å²) in [6, 6.07) is -0.543. The van der Waals surface area contributed by atoms with Crippen LogP contribution in [0.25, 0.3) is 0 Å². The van der Waals surface area contributed by atoms with E-state index in [0.717, 1.165) is 18.4 Å². The Balaban J connectivity index is 1.93. The van der Waals surface area contributed by atoms with E-state index in [1.54, 1.807) is 24.1 Å². The van der Waals surface area contributed by atoms with Gasteiger partial charge < -0.3 is 15.8 Å². The van der Waals surface area contributed by atoms with Crippen LogP contribution >= 0.6 is 0 Å². The summed E-state index contributed by atoms with van der Waals surface area (Å²) in [7, 11) is 1.80. The number of carbonyl (C=O) groups excluding carboxylic acids is 1. The van der Waals surface area contributed by atoms with Crippen LogP contribution in [0.15, 0.2) is 12.4 Å². The quantitative estimate of drug-likeness (QED) is 0.834. The molecule has 6 nitrogen and oxygen atoms in total. The highest BCUT2D eigenvalue weighted by Gasteiger charge is 2.30. The normalized spacial score (nSPS) is 23.9. The molecule has 2 unspecified atom stereocenters. The Labute approximate surface area is 113 Å². The SMILES string of the molecule is Cn1cc(C(N)C(=O)NC2CCOC(C)(C)C2)cn1. The lowest BCUT2D eigenvalue weighted by atomic mass is 9.93. The van der Waals surface area contributed by atoms with Gasteiger partial charge in [-0.2, -0.15) is 5.10 Å². The van der Waals surface area contributed by atoms with Crippen molar-refractivity contribution in [3.8, 4) is 0 Å². The van der Waals surface area contributed by atoms with Crippen LogP contribution in [0, 0.1) is 0 Å². The van der Waals surface area contributed by atoms with E-state index in [4.69, 9.17) is 10.5 Å². The molecule has 6 heteroatoms. The fraction of sp³-hybridized carbons (Fsp3) is 0.692.